The summed E-state index contributed by atoms with van der Waals surface area (Å²) in [4.78, 5) is 13.4. The van der Waals surface area contributed by atoms with Crippen LogP contribution in [0.4, 0.5) is 0 Å². The van der Waals surface area contributed by atoms with E-state index in [-0.39, 0.29) is 18.7 Å². The van der Waals surface area contributed by atoms with Crippen LogP contribution in [-0.2, 0) is 14.3 Å². The fourth-order valence-electron chi connectivity index (χ4n) is 3.06. The molecule has 2 rings (SSSR count). The molecule has 1 aliphatic heterocycles. The van der Waals surface area contributed by atoms with Crippen LogP contribution in [0, 0.1) is 11.8 Å². The Hall–Kier alpha value is -0.650. The van der Waals surface area contributed by atoms with Crippen LogP contribution in [0.1, 0.15) is 19.8 Å². The van der Waals surface area contributed by atoms with E-state index in [4.69, 9.17) is 9.47 Å². The number of esters is 1. The highest BCUT2D eigenvalue weighted by atomic mass is 16.6. The molecule has 1 saturated carbocycles. The first-order valence-electron chi connectivity index (χ1n) is 6.84. The maximum atomic E-state index is 11.0. The Bertz CT molecular complexity index is 284. The highest BCUT2D eigenvalue weighted by Crippen LogP contribution is 2.37. The van der Waals surface area contributed by atoms with Crippen LogP contribution < -0.4 is 0 Å². The monoisotopic (exact) mass is 257 g/mol. The largest absolute Gasteiger partial charge is 0.464 e. The van der Waals surface area contributed by atoms with Gasteiger partial charge in [0.25, 0.3) is 0 Å². The minimum Gasteiger partial charge on any atom is -0.464 e. The van der Waals surface area contributed by atoms with Gasteiger partial charge < -0.3 is 19.5 Å². The molecule has 104 valence electrons. The Morgan fingerprint density at radius 1 is 1.39 bits per heavy atom. The molecule has 3 atom stereocenters. The van der Waals surface area contributed by atoms with Crippen molar-refractivity contribution in [1.82, 2.24) is 4.90 Å². The highest BCUT2D eigenvalue weighted by Gasteiger charge is 2.41. The molecule has 1 heterocycles. The van der Waals surface area contributed by atoms with E-state index in [9.17, 15) is 9.90 Å². The zero-order valence-electron chi connectivity index (χ0n) is 11.0. The van der Waals surface area contributed by atoms with Crippen LogP contribution in [-0.4, -0.2) is 61.5 Å². The quantitative estimate of drug-likeness (QED) is 0.547. The van der Waals surface area contributed by atoms with Gasteiger partial charge in [0.2, 0.25) is 0 Å². The standard InChI is InChI=1S/C13H23NO4/c1-2-18-13(16)9-17-6-5-14-7-10-3-4-12(15)11(10)8-14/h10-12,15H,2-9H2,1H3. The van der Waals surface area contributed by atoms with E-state index < -0.39 is 0 Å². The summed E-state index contributed by atoms with van der Waals surface area (Å²) < 4.78 is 10.1. The Labute approximate surface area is 108 Å². The average molecular weight is 257 g/mol. The summed E-state index contributed by atoms with van der Waals surface area (Å²) in [6.07, 6.45) is 2.00. The molecule has 18 heavy (non-hydrogen) atoms. The van der Waals surface area contributed by atoms with Crippen molar-refractivity contribution in [1.29, 1.82) is 0 Å². The van der Waals surface area contributed by atoms with Crippen LogP contribution >= 0.6 is 0 Å². The molecule has 1 saturated heterocycles. The van der Waals surface area contributed by atoms with E-state index in [0.717, 1.165) is 32.5 Å². The van der Waals surface area contributed by atoms with Gasteiger partial charge in [-0.1, -0.05) is 0 Å². The lowest BCUT2D eigenvalue weighted by Gasteiger charge is -2.17. The Morgan fingerprint density at radius 3 is 2.94 bits per heavy atom. The van der Waals surface area contributed by atoms with Crippen molar-refractivity contribution in [2.45, 2.75) is 25.9 Å². The molecule has 0 amide bonds. The predicted molar refractivity (Wildman–Crippen MR) is 66.1 cm³/mol. The zero-order chi connectivity index (χ0) is 13.0. The van der Waals surface area contributed by atoms with Gasteiger partial charge in [-0.2, -0.15) is 0 Å². The smallest absolute Gasteiger partial charge is 0.332 e. The van der Waals surface area contributed by atoms with E-state index in [1.54, 1.807) is 6.92 Å². The molecule has 2 fully saturated rings. The molecule has 5 heteroatoms. The molecule has 0 bridgehead atoms. The summed E-state index contributed by atoms with van der Waals surface area (Å²) in [6, 6.07) is 0. The lowest BCUT2D eigenvalue weighted by Crippen LogP contribution is -2.28. The molecule has 2 aliphatic rings. The summed E-state index contributed by atoms with van der Waals surface area (Å²) in [7, 11) is 0. The molecule has 5 nitrogen and oxygen atoms in total. The average Bonchev–Trinajstić information content (AvgIpc) is 2.88. The molecule has 0 spiro atoms. The Morgan fingerprint density at radius 2 is 2.22 bits per heavy atom. The molecule has 0 aromatic rings. The van der Waals surface area contributed by atoms with Crippen LogP contribution in [0.3, 0.4) is 0 Å². The number of hydrogen-bond acceptors (Lipinski definition) is 5. The van der Waals surface area contributed by atoms with Gasteiger partial charge in [-0.15, -0.1) is 0 Å². The first kappa shape index (κ1) is 13.8. The number of hydrogen-bond donors (Lipinski definition) is 1. The summed E-state index contributed by atoms with van der Waals surface area (Å²) in [6.45, 7) is 5.63. The number of rotatable bonds is 6. The van der Waals surface area contributed by atoms with Crippen molar-refractivity contribution in [3.05, 3.63) is 0 Å². The van der Waals surface area contributed by atoms with Gasteiger partial charge in [0, 0.05) is 25.6 Å². The topological polar surface area (TPSA) is 59.0 Å². The van der Waals surface area contributed by atoms with Crippen molar-refractivity contribution in [2.24, 2.45) is 11.8 Å². The van der Waals surface area contributed by atoms with Gasteiger partial charge in [-0.25, -0.2) is 4.79 Å². The van der Waals surface area contributed by atoms with Crippen LogP contribution in [0.5, 0.6) is 0 Å². The number of aliphatic hydroxyl groups excluding tert-OH is 1. The maximum absolute atomic E-state index is 11.0. The van der Waals surface area contributed by atoms with E-state index >= 15 is 0 Å². The fourth-order valence-corrected chi connectivity index (χ4v) is 3.06. The Kier molecular flexibility index (Phi) is 4.97. The minimum absolute atomic E-state index is 0.0389. The maximum Gasteiger partial charge on any atom is 0.332 e. The van der Waals surface area contributed by atoms with Crippen molar-refractivity contribution in [3.8, 4) is 0 Å². The summed E-state index contributed by atoms with van der Waals surface area (Å²) in [5, 5.41) is 9.80. The second-order valence-corrected chi connectivity index (χ2v) is 5.19. The summed E-state index contributed by atoms with van der Waals surface area (Å²) >= 11 is 0. The predicted octanol–water partition coefficient (Wildman–Crippen LogP) is 0.269. The molecule has 1 N–H and O–H groups in total. The third-order valence-corrected chi connectivity index (χ3v) is 3.97. The minimum atomic E-state index is -0.300. The number of nitrogens with zero attached hydrogens (tertiary/aromatic N) is 1. The lowest BCUT2D eigenvalue weighted by atomic mass is 10.00. The van der Waals surface area contributed by atoms with Crippen molar-refractivity contribution in [3.63, 3.8) is 0 Å². The van der Waals surface area contributed by atoms with E-state index in [2.05, 4.69) is 4.90 Å². The van der Waals surface area contributed by atoms with E-state index in [1.807, 2.05) is 0 Å². The molecule has 0 radical (unpaired) electrons. The number of carbonyl (C=O) groups excluding carboxylic acids is 1. The second kappa shape index (κ2) is 6.50. The Balaban J connectivity index is 1.57. The fraction of sp³-hybridized carbons (Fsp3) is 0.923. The van der Waals surface area contributed by atoms with Crippen molar-refractivity contribution in [2.75, 3.05) is 39.5 Å². The third kappa shape index (κ3) is 3.43. The van der Waals surface area contributed by atoms with E-state index in [1.165, 1.54) is 0 Å². The third-order valence-electron chi connectivity index (χ3n) is 3.97. The van der Waals surface area contributed by atoms with Gasteiger partial charge in [-0.3, -0.25) is 0 Å². The zero-order valence-corrected chi connectivity index (χ0v) is 11.0. The van der Waals surface area contributed by atoms with Gasteiger partial charge >= 0.3 is 5.97 Å². The normalized spacial score (nSPS) is 31.6. The number of ether oxygens (including phenoxy) is 2. The first-order valence-corrected chi connectivity index (χ1v) is 6.84. The first-order chi connectivity index (χ1) is 8.70. The molecular weight excluding hydrogens is 234 g/mol. The van der Waals surface area contributed by atoms with Crippen LogP contribution in [0.15, 0.2) is 0 Å². The molecule has 0 aromatic carbocycles. The number of fused-ring (bicyclic) bond motifs is 1. The van der Waals surface area contributed by atoms with Crippen LogP contribution in [0.2, 0.25) is 0 Å². The van der Waals surface area contributed by atoms with Gasteiger partial charge in [0.15, 0.2) is 0 Å². The van der Waals surface area contributed by atoms with Crippen LogP contribution in [0.25, 0.3) is 0 Å². The van der Waals surface area contributed by atoms with Crippen molar-refractivity contribution < 1.29 is 19.4 Å². The summed E-state index contributed by atoms with van der Waals surface area (Å²) in [5.41, 5.74) is 0. The van der Waals surface area contributed by atoms with Gasteiger partial charge in [-0.05, 0) is 25.7 Å². The number of aliphatic hydroxyl groups is 1. The number of likely N-dealkylation sites (tertiary alicyclic amines) is 1. The number of carbonyl (C=O) groups is 1. The molecule has 1 aliphatic carbocycles. The highest BCUT2D eigenvalue weighted by molar-refractivity contribution is 5.70. The molecule has 0 aromatic heterocycles. The summed E-state index contributed by atoms with van der Waals surface area (Å²) in [5.74, 6) is 0.811. The molecular formula is C13H23NO4. The SMILES string of the molecule is CCOC(=O)COCCN1CC2CCC(O)C2C1. The van der Waals surface area contributed by atoms with Crippen molar-refractivity contribution >= 4 is 5.97 Å². The van der Waals surface area contributed by atoms with Gasteiger partial charge in [0.05, 0.1) is 19.3 Å². The molecule has 3 unspecified atom stereocenters. The lowest BCUT2D eigenvalue weighted by molar-refractivity contribution is -0.148. The second-order valence-electron chi connectivity index (χ2n) is 5.19. The van der Waals surface area contributed by atoms with E-state index in [0.29, 0.717) is 25.0 Å². The van der Waals surface area contributed by atoms with Gasteiger partial charge in [0.1, 0.15) is 6.61 Å².